The Morgan fingerprint density at radius 2 is 1.51 bits per heavy atom. The maximum atomic E-state index is 12.9. The van der Waals surface area contributed by atoms with E-state index in [4.69, 9.17) is 9.84 Å². The van der Waals surface area contributed by atoms with E-state index in [0.29, 0.717) is 12.3 Å². The van der Waals surface area contributed by atoms with Crippen LogP contribution in [0.3, 0.4) is 0 Å². The van der Waals surface area contributed by atoms with Crippen molar-refractivity contribution in [1.82, 2.24) is 10.6 Å². The number of hydrogen-bond acceptors (Lipinski definition) is 4. The van der Waals surface area contributed by atoms with Crippen LogP contribution in [0.5, 0.6) is 0 Å². The number of hydrogen-bond donors (Lipinski definition) is 3. The maximum Gasteiger partial charge on any atom is 0.407 e. The molecule has 0 radical (unpaired) electrons. The fourth-order valence-electron chi connectivity index (χ4n) is 4.81. The molecule has 3 N–H and O–H groups in total. The summed E-state index contributed by atoms with van der Waals surface area (Å²) in [6.07, 6.45) is 0.0357. The topological polar surface area (TPSA) is 105 Å². The molecular weight excluding hydrogens is 444 g/mol. The summed E-state index contributed by atoms with van der Waals surface area (Å²) in [5.41, 5.74) is 4.53. The fourth-order valence-corrected chi connectivity index (χ4v) is 4.81. The molecule has 35 heavy (non-hydrogen) atoms. The summed E-state index contributed by atoms with van der Waals surface area (Å²) in [4.78, 5) is 36.7. The van der Waals surface area contributed by atoms with Crippen molar-refractivity contribution in [2.75, 3.05) is 13.2 Å². The van der Waals surface area contributed by atoms with Crippen LogP contribution in [0.15, 0.2) is 48.5 Å². The van der Waals surface area contributed by atoms with Gasteiger partial charge in [0.2, 0.25) is 5.91 Å². The zero-order chi connectivity index (χ0) is 25.5. The van der Waals surface area contributed by atoms with Crippen molar-refractivity contribution < 1.29 is 24.2 Å². The molecular formula is C28H36N2O5. The van der Waals surface area contributed by atoms with Crippen LogP contribution >= 0.6 is 0 Å². The molecule has 1 aliphatic carbocycles. The lowest BCUT2D eigenvalue weighted by molar-refractivity contribution is -0.138. The van der Waals surface area contributed by atoms with Crippen molar-refractivity contribution in [2.45, 2.75) is 52.5 Å². The molecule has 0 aromatic heterocycles. The number of benzene rings is 2. The second-order valence-electron chi connectivity index (χ2n) is 10.0. The first kappa shape index (κ1) is 26.3. The average Bonchev–Trinajstić information content (AvgIpc) is 3.12. The molecule has 0 saturated carbocycles. The predicted octanol–water partition coefficient (Wildman–Crippen LogP) is 4.80. The van der Waals surface area contributed by atoms with Gasteiger partial charge in [-0.2, -0.15) is 0 Å². The summed E-state index contributed by atoms with van der Waals surface area (Å²) < 4.78 is 5.59. The lowest BCUT2D eigenvalue weighted by atomic mass is 9.94. The quantitative estimate of drug-likeness (QED) is 0.428. The molecule has 2 aromatic carbocycles. The van der Waals surface area contributed by atoms with Crippen molar-refractivity contribution in [3.63, 3.8) is 0 Å². The predicted molar refractivity (Wildman–Crippen MR) is 135 cm³/mol. The Labute approximate surface area is 207 Å². The first-order valence-electron chi connectivity index (χ1n) is 12.3. The maximum absolute atomic E-state index is 12.9. The molecule has 188 valence electrons. The molecule has 7 nitrogen and oxygen atoms in total. The number of carbonyl (C=O) groups is 3. The number of carboxylic acids is 1. The number of nitrogens with one attached hydrogen (secondary N) is 2. The minimum absolute atomic E-state index is 0.00931. The smallest absolute Gasteiger partial charge is 0.407 e. The summed E-state index contributed by atoms with van der Waals surface area (Å²) in [5.74, 6) is -1.31. The van der Waals surface area contributed by atoms with Gasteiger partial charge in [0.05, 0.1) is 0 Å². The van der Waals surface area contributed by atoms with Crippen LogP contribution in [0.4, 0.5) is 4.79 Å². The molecule has 0 heterocycles. The molecule has 7 heteroatoms. The first-order chi connectivity index (χ1) is 16.7. The number of rotatable bonds is 11. The zero-order valence-corrected chi connectivity index (χ0v) is 20.9. The van der Waals surface area contributed by atoms with Crippen LogP contribution in [0.2, 0.25) is 0 Å². The number of amides is 2. The van der Waals surface area contributed by atoms with E-state index in [2.05, 4.69) is 34.9 Å². The number of carboxylic acid groups (broad SMARTS) is 1. The van der Waals surface area contributed by atoms with Crippen molar-refractivity contribution >= 4 is 18.0 Å². The normalized spacial score (nSPS) is 14.2. The monoisotopic (exact) mass is 480 g/mol. The first-order valence-corrected chi connectivity index (χ1v) is 12.3. The minimum Gasteiger partial charge on any atom is -0.481 e. The van der Waals surface area contributed by atoms with Gasteiger partial charge in [-0.05, 0) is 46.4 Å². The van der Waals surface area contributed by atoms with Gasteiger partial charge in [-0.3, -0.25) is 9.59 Å². The van der Waals surface area contributed by atoms with E-state index in [1.54, 1.807) is 0 Å². The SMILES string of the molecule is CC(C)C[C@H](CNC(=O)[C@@H](NC(=O)OCC1c2ccccc2-c2ccccc21)C(C)C)CC(=O)O. The average molecular weight is 481 g/mol. The summed E-state index contributed by atoms with van der Waals surface area (Å²) in [6.45, 7) is 8.15. The van der Waals surface area contributed by atoms with Crippen LogP contribution in [0.25, 0.3) is 11.1 Å². The fraction of sp³-hybridized carbons (Fsp3) is 0.464. The van der Waals surface area contributed by atoms with Crippen LogP contribution in [-0.4, -0.2) is 42.3 Å². The second kappa shape index (κ2) is 11.9. The van der Waals surface area contributed by atoms with Gasteiger partial charge >= 0.3 is 12.1 Å². The van der Waals surface area contributed by atoms with E-state index >= 15 is 0 Å². The molecule has 0 saturated heterocycles. The van der Waals surface area contributed by atoms with Gasteiger partial charge in [0, 0.05) is 18.9 Å². The molecule has 3 rings (SSSR count). The van der Waals surface area contributed by atoms with Gasteiger partial charge in [0.25, 0.3) is 0 Å². The third-order valence-electron chi connectivity index (χ3n) is 6.40. The Hall–Kier alpha value is -3.35. The summed E-state index contributed by atoms with van der Waals surface area (Å²) >= 11 is 0. The van der Waals surface area contributed by atoms with Crippen molar-refractivity contribution in [3.8, 4) is 11.1 Å². The second-order valence-corrected chi connectivity index (χ2v) is 10.0. The van der Waals surface area contributed by atoms with Crippen molar-refractivity contribution in [2.24, 2.45) is 17.8 Å². The van der Waals surface area contributed by atoms with E-state index in [1.165, 1.54) is 0 Å². The Bertz CT molecular complexity index is 1000. The van der Waals surface area contributed by atoms with E-state index in [9.17, 15) is 14.4 Å². The highest BCUT2D eigenvalue weighted by Gasteiger charge is 2.30. The van der Waals surface area contributed by atoms with Crippen LogP contribution in [0.1, 0.15) is 57.6 Å². The Kier molecular flexibility index (Phi) is 8.90. The molecule has 2 atom stereocenters. The largest absolute Gasteiger partial charge is 0.481 e. The highest BCUT2D eigenvalue weighted by atomic mass is 16.5. The van der Waals surface area contributed by atoms with Crippen molar-refractivity contribution in [1.29, 1.82) is 0 Å². The zero-order valence-electron chi connectivity index (χ0n) is 20.9. The number of alkyl carbamates (subject to hydrolysis) is 1. The molecule has 0 spiro atoms. The standard InChI is InChI=1S/C28H36N2O5/c1-17(2)13-19(14-25(31)32)15-29-27(33)26(18(3)4)30-28(34)35-16-24-22-11-7-5-9-20(22)21-10-6-8-12-23(21)24/h5-12,17-19,24,26H,13-16H2,1-4H3,(H,29,33)(H,30,34)(H,31,32)/t19-,26-/m0/s1. The highest BCUT2D eigenvalue weighted by Crippen LogP contribution is 2.44. The van der Waals surface area contributed by atoms with E-state index < -0.39 is 18.1 Å². The van der Waals surface area contributed by atoms with Gasteiger partial charge in [-0.15, -0.1) is 0 Å². The lowest BCUT2D eigenvalue weighted by Crippen LogP contribution is -2.50. The van der Waals surface area contributed by atoms with Gasteiger partial charge in [-0.1, -0.05) is 76.2 Å². The Morgan fingerprint density at radius 1 is 0.943 bits per heavy atom. The number of carbonyl (C=O) groups excluding carboxylic acids is 2. The number of ether oxygens (including phenoxy) is 1. The summed E-state index contributed by atoms with van der Waals surface area (Å²) in [6, 6.07) is 15.4. The number of aliphatic carboxylic acids is 1. The molecule has 2 aromatic rings. The third kappa shape index (κ3) is 6.84. The third-order valence-corrected chi connectivity index (χ3v) is 6.40. The van der Waals surface area contributed by atoms with Gasteiger partial charge in [-0.25, -0.2) is 4.79 Å². The Morgan fingerprint density at radius 3 is 2.03 bits per heavy atom. The Balaban J connectivity index is 1.59. The molecule has 0 fully saturated rings. The van der Waals surface area contributed by atoms with Crippen LogP contribution < -0.4 is 10.6 Å². The van der Waals surface area contributed by atoms with E-state index in [1.807, 2.05) is 52.0 Å². The lowest BCUT2D eigenvalue weighted by Gasteiger charge is -2.24. The molecule has 0 bridgehead atoms. The van der Waals surface area contributed by atoms with Gasteiger partial charge < -0.3 is 20.5 Å². The summed E-state index contributed by atoms with van der Waals surface area (Å²) in [5, 5.41) is 14.7. The van der Waals surface area contributed by atoms with Crippen LogP contribution in [0, 0.1) is 17.8 Å². The molecule has 2 amide bonds. The van der Waals surface area contributed by atoms with Crippen LogP contribution in [-0.2, 0) is 14.3 Å². The summed E-state index contributed by atoms with van der Waals surface area (Å²) in [7, 11) is 0. The van der Waals surface area contributed by atoms with E-state index in [-0.39, 0.29) is 43.2 Å². The molecule has 0 aliphatic heterocycles. The minimum atomic E-state index is -0.887. The molecule has 0 unspecified atom stereocenters. The number of fused-ring (bicyclic) bond motifs is 3. The van der Waals surface area contributed by atoms with Crippen molar-refractivity contribution in [3.05, 3.63) is 59.7 Å². The highest BCUT2D eigenvalue weighted by molar-refractivity contribution is 5.86. The van der Waals surface area contributed by atoms with Gasteiger partial charge in [0.15, 0.2) is 0 Å². The molecule has 1 aliphatic rings. The van der Waals surface area contributed by atoms with Gasteiger partial charge in [0.1, 0.15) is 12.6 Å². The van der Waals surface area contributed by atoms with E-state index in [0.717, 1.165) is 22.3 Å².